The molecule has 3 heteroatoms. The van der Waals surface area contributed by atoms with E-state index in [1.54, 1.807) is 31.4 Å². The number of ether oxygens (including phenoxy) is 1. The van der Waals surface area contributed by atoms with Crippen LogP contribution in [0.5, 0.6) is 5.75 Å². The van der Waals surface area contributed by atoms with Gasteiger partial charge < -0.3 is 9.84 Å². The van der Waals surface area contributed by atoms with Crippen LogP contribution in [0.3, 0.4) is 0 Å². The maximum absolute atomic E-state index is 12.0. The standard InChI is InChI=1S/C14H12O2.C8H11N/c1-16-13-9-7-12(8-10-13)14(15)11-5-3-2-4-6-11;1-9(2)8-6-4-3-5-7-8/h2-10H,1H3;3-7H,1-2H3/q-1;+1. The number of hydrogen-bond donors (Lipinski definition) is 0. The highest BCUT2D eigenvalue weighted by atomic mass is 16.5. The topological polar surface area (TPSA) is 38.2 Å². The molecule has 0 spiro atoms. The summed E-state index contributed by atoms with van der Waals surface area (Å²) in [6, 6.07) is 26.6. The van der Waals surface area contributed by atoms with Crippen LogP contribution in [0.25, 0.3) is 0 Å². The largest absolute Gasteiger partial charge is 0.843 e. The fraction of sp³-hybridized carbons (Fsp3) is 0.136. The van der Waals surface area contributed by atoms with Gasteiger partial charge in [0.25, 0.3) is 0 Å². The summed E-state index contributed by atoms with van der Waals surface area (Å²) < 4.78 is 5.04. The van der Waals surface area contributed by atoms with E-state index in [2.05, 4.69) is 17.0 Å². The molecule has 3 rings (SSSR count). The number of nitrogens with zero attached hydrogens (tertiary/aromatic N) is 1. The highest BCUT2D eigenvalue weighted by Crippen LogP contribution is 2.20. The summed E-state index contributed by atoms with van der Waals surface area (Å²) in [5, 5.41) is 12.0. The Morgan fingerprint density at radius 2 is 1.20 bits per heavy atom. The van der Waals surface area contributed by atoms with E-state index in [0.29, 0.717) is 11.1 Å². The van der Waals surface area contributed by atoms with Crippen LogP contribution in [0.2, 0.25) is 0 Å². The summed E-state index contributed by atoms with van der Waals surface area (Å²) in [6.07, 6.45) is 0.0308. The molecule has 0 aliphatic rings. The summed E-state index contributed by atoms with van der Waals surface area (Å²) in [7, 11) is 5.68. The van der Waals surface area contributed by atoms with Crippen LogP contribution < -0.4 is 14.7 Å². The smallest absolute Gasteiger partial charge is 0.180 e. The summed E-state index contributed by atoms with van der Waals surface area (Å²) >= 11 is 0. The molecule has 128 valence electrons. The zero-order valence-electron chi connectivity index (χ0n) is 14.8. The van der Waals surface area contributed by atoms with E-state index in [0.717, 1.165) is 5.75 Å². The first-order valence-electron chi connectivity index (χ1n) is 8.08. The summed E-state index contributed by atoms with van der Waals surface area (Å²) in [5.41, 5.74) is 2.62. The summed E-state index contributed by atoms with van der Waals surface area (Å²) in [4.78, 5) is 2.08. The fourth-order valence-corrected chi connectivity index (χ4v) is 2.22. The van der Waals surface area contributed by atoms with Crippen LogP contribution in [0.1, 0.15) is 11.1 Å². The molecule has 0 amide bonds. The van der Waals surface area contributed by atoms with Gasteiger partial charge in [-0.2, -0.15) is 0 Å². The molecule has 0 fully saturated rings. The third-order valence-corrected chi connectivity index (χ3v) is 3.66. The quantitative estimate of drug-likeness (QED) is 0.683. The Labute approximate surface area is 150 Å². The van der Waals surface area contributed by atoms with Gasteiger partial charge in [0.05, 0.1) is 7.11 Å². The van der Waals surface area contributed by atoms with E-state index < -0.39 is 0 Å². The number of benzene rings is 3. The Balaban J connectivity index is 0.000000212. The molecule has 0 bridgehead atoms. The Morgan fingerprint density at radius 3 is 1.64 bits per heavy atom. The Hall–Kier alpha value is -2.62. The predicted molar refractivity (Wildman–Crippen MR) is 101 cm³/mol. The van der Waals surface area contributed by atoms with Crippen molar-refractivity contribution in [3.05, 3.63) is 102 Å². The van der Waals surface area contributed by atoms with Gasteiger partial charge in [0.15, 0.2) is 5.69 Å². The molecule has 0 aromatic heterocycles. The first-order chi connectivity index (χ1) is 12.1. The minimum Gasteiger partial charge on any atom is -0.843 e. The van der Waals surface area contributed by atoms with Gasteiger partial charge >= 0.3 is 0 Å². The number of anilines is 1. The molecule has 0 unspecified atom stereocenters. The minimum absolute atomic E-state index is 0.0308. The van der Waals surface area contributed by atoms with E-state index in [1.807, 2.05) is 62.6 Å². The molecule has 3 nitrogen and oxygen atoms in total. The molecule has 0 saturated carbocycles. The number of para-hydroxylation sites is 1. The maximum Gasteiger partial charge on any atom is 0.180 e. The third-order valence-electron chi connectivity index (χ3n) is 3.66. The van der Waals surface area contributed by atoms with Crippen molar-refractivity contribution >= 4 is 5.69 Å². The molecule has 0 heterocycles. The van der Waals surface area contributed by atoms with Gasteiger partial charge in [0.1, 0.15) is 19.8 Å². The van der Waals surface area contributed by atoms with Crippen LogP contribution >= 0.6 is 0 Å². The molecule has 0 N–H and O–H groups in total. The van der Waals surface area contributed by atoms with Crippen LogP contribution in [-0.2, 0) is 0 Å². The first kappa shape index (κ1) is 18.7. The highest BCUT2D eigenvalue weighted by Gasteiger charge is 2.02. The molecule has 0 aliphatic heterocycles. The van der Waals surface area contributed by atoms with Gasteiger partial charge in [-0.15, -0.1) is 4.90 Å². The van der Waals surface area contributed by atoms with Crippen LogP contribution in [-0.4, -0.2) is 21.2 Å². The summed E-state index contributed by atoms with van der Waals surface area (Å²) in [5.74, 6) is 0.754. The third kappa shape index (κ3) is 5.75. The lowest BCUT2D eigenvalue weighted by Gasteiger charge is -2.22. The molecule has 0 saturated heterocycles. The van der Waals surface area contributed by atoms with Gasteiger partial charge in [-0.1, -0.05) is 77.9 Å². The molecular weight excluding hydrogens is 310 g/mol. The maximum atomic E-state index is 12.0. The molecule has 3 aromatic carbocycles. The zero-order valence-corrected chi connectivity index (χ0v) is 14.8. The van der Waals surface area contributed by atoms with Crippen molar-refractivity contribution in [3.63, 3.8) is 0 Å². The number of hydrogen-bond acceptors (Lipinski definition) is 3. The molecule has 3 aromatic rings. The Kier molecular flexibility index (Phi) is 7.20. The molecule has 0 atom stereocenters. The van der Waals surface area contributed by atoms with Gasteiger partial charge in [-0.05, 0) is 12.1 Å². The summed E-state index contributed by atoms with van der Waals surface area (Å²) in [6.45, 7) is 0. The van der Waals surface area contributed by atoms with Crippen LogP contribution in [0, 0.1) is 6.10 Å². The lowest BCUT2D eigenvalue weighted by atomic mass is 10.0. The minimum atomic E-state index is 0.0308. The Morgan fingerprint density at radius 1 is 0.720 bits per heavy atom. The van der Waals surface area contributed by atoms with E-state index in [1.165, 1.54) is 5.69 Å². The second kappa shape index (κ2) is 9.62. The second-order valence-corrected chi connectivity index (χ2v) is 5.65. The number of rotatable bonds is 4. The van der Waals surface area contributed by atoms with Crippen LogP contribution in [0.15, 0.2) is 84.9 Å². The first-order valence-corrected chi connectivity index (χ1v) is 8.08. The van der Waals surface area contributed by atoms with E-state index in [9.17, 15) is 5.11 Å². The molecular formula is C22H23NO2. The second-order valence-electron chi connectivity index (χ2n) is 5.65. The average Bonchev–Trinajstić information content (AvgIpc) is 2.69. The predicted octanol–water partition coefficient (Wildman–Crippen LogP) is 3.70. The lowest BCUT2D eigenvalue weighted by molar-refractivity contribution is -0.333. The van der Waals surface area contributed by atoms with Gasteiger partial charge in [-0.25, -0.2) is 0 Å². The van der Waals surface area contributed by atoms with Crippen molar-refractivity contribution in [2.45, 2.75) is 0 Å². The fourth-order valence-electron chi connectivity index (χ4n) is 2.22. The number of methoxy groups -OCH3 is 1. The van der Waals surface area contributed by atoms with Gasteiger partial charge in [0, 0.05) is 12.1 Å². The van der Waals surface area contributed by atoms with Crippen molar-refractivity contribution < 1.29 is 9.84 Å². The molecule has 2 radical (unpaired) electrons. The van der Waals surface area contributed by atoms with E-state index in [-0.39, 0.29) is 6.10 Å². The Bertz CT molecular complexity index is 725. The van der Waals surface area contributed by atoms with Crippen molar-refractivity contribution in [1.29, 1.82) is 0 Å². The van der Waals surface area contributed by atoms with Crippen molar-refractivity contribution in [1.82, 2.24) is 4.90 Å². The van der Waals surface area contributed by atoms with Gasteiger partial charge in [0.2, 0.25) is 0 Å². The highest BCUT2D eigenvalue weighted by molar-refractivity contribution is 5.42. The van der Waals surface area contributed by atoms with Crippen molar-refractivity contribution in [3.8, 4) is 5.75 Å². The SMILES string of the molecule is COc1ccc([C]([O-])c2ccccc2)cc1.C[N+](C)c1ccccc1. The monoisotopic (exact) mass is 333 g/mol. The average molecular weight is 333 g/mol. The lowest BCUT2D eigenvalue weighted by Crippen LogP contribution is -2.17. The van der Waals surface area contributed by atoms with E-state index >= 15 is 0 Å². The molecule has 0 aliphatic carbocycles. The zero-order chi connectivity index (χ0) is 18.1. The van der Waals surface area contributed by atoms with Crippen molar-refractivity contribution in [2.75, 3.05) is 21.2 Å². The van der Waals surface area contributed by atoms with Crippen molar-refractivity contribution in [2.24, 2.45) is 0 Å². The molecule has 25 heavy (non-hydrogen) atoms. The normalized spacial score (nSPS) is 10.3. The van der Waals surface area contributed by atoms with Gasteiger partial charge in [-0.3, -0.25) is 0 Å². The van der Waals surface area contributed by atoms with E-state index in [4.69, 9.17) is 4.74 Å². The van der Waals surface area contributed by atoms with Crippen LogP contribution in [0.4, 0.5) is 5.69 Å².